The van der Waals surface area contributed by atoms with E-state index in [0.717, 1.165) is 11.3 Å². The van der Waals surface area contributed by atoms with E-state index >= 15 is 0 Å². The number of hydrogen-bond acceptors (Lipinski definition) is 5. The van der Waals surface area contributed by atoms with Gasteiger partial charge in [0.15, 0.2) is 0 Å². The summed E-state index contributed by atoms with van der Waals surface area (Å²) in [6.45, 7) is 1.81. The van der Waals surface area contributed by atoms with Crippen LogP contribution in [0.3, 0.4) is 0 Å². The minimum Gasteiger partial charge on any atom is -0.258 e. The highest BCUT2D eigenvalue weighted by molar-refractivity contribution is 5.98. The van der Waals surface area contributed by atoms with Crippen LogP contribution in [0, 0.1) is 10.1 Å². The molecule has 0 aliphatic heterocycles. The topological polar surface area (TPSA) is 86.2 Å². The third kappa shape index (κ3) is 2.51. The molecule has 1 heterocycles. The van der Waals surface area contributed by atoms with Gasteiger partial charge < -0.3 is 0 Å². The quantitative estimate of drug-likeness (QED) is 0.454. The lowest BCUT2D eigenvalue weighted by atomic mass is 10.1. The Hall–Kier alpha value is -2.57. The highest BCUT2D eigenvalue weighted by Crippen LogP contribution is 2.12. The van der Waals surface area contributed by atoms with Crippen LogP contribution in [-0.2, 0) is 0 Å². The van der Waals surface area contributed by atoms with Crippen molar-refractivity contribution in [3.8, 4) is 0 Å². The monoisotopic (exact) mass is 231 g/mol. The Morgan fingerprint density at radius 3 is 2.41 bits per heavy atom. The smallest absolute Gasteiger partial charge is 0.258 e. The molecule has 7 nitrogen and oxygen atoms in total. The predicted molar refractivity (Wildman–Crippen MR) is 60.7 cm³/mol. The average molecular weight is 231 g/mol. The number of nitro benzene ring substituents is 1. The van der Waals surface area contributed by atoms with Gasteiger partial charge in [-0.25, -0.2) is 4.68 Å². The van der Waals surface area contributed by atoms with E-state index in [1.54, 1.807) is 19.1 Å². The zero-order valence-corrected chi connectivity index (χ0v) is 9.02. The van der Waals surface area contributed by atoms with Crippen LogP contribution in [0.1, 0.15) is 12.5 Å². The molecular formula is C10H9N5O2. The maximum absolute atomic E-state index is 10.5. The molecule has 2 aromatic rings. The van der Waals surface area contributed by atoms with Gasteiger partial charge in [-0.05, 0) is 24.6 Å². The molecule has 7 heteroatoms. The normalized spacial score (nSPS) is 11.5. The second-order valence-corrected chi connectivity index (χ2v) is 3.33. The molecular weight excluding hydrogens is 222 g/mol. The van der Waals surface area contributed by atoms with Gasteiger partial charge in [0.25, 0.3) is 5.69 Å². The van der Waals surface area contributed by atoms with Gasteiger partial charge in [-0.15, -0.1) is 10.2 Å². The Balaban J connectivity index is 2.26. The largest absolute Gasteiger partial charge is 0.269 e. The Morgan fingerprint density at radius 2 is 1.88 bits per heavy atom. The van der Waals surface area contributed by atoms with Crippen molar-refractivity contribution in [2.75, 3.05) is 0 Å². The van der Waals surface area contributed by atoms with E-state index in [1.165, 1.54) is 29.5 Å². The van der Waals surface area contributed by atoms with E-state index in [9.17, 15) is 10.1 Å². The van der Waals surface area contributed by atoms with Crippen molar-refractivity contribution in [2.24, 2.45) is 5.10 Å². The lowest BCUT2D eigenvalue weighted by Crippen LogP contribution is -1.98. The fourth-order valence-electron chi connectivity index (χ4n) is 1.30. The fourth-order valence-corrected chi connectivity index (χ4v) is 1.30. The Kier molecular flexibility index (Phi) is 2.91. The number of nitro groups is 1. The minimum absolute atomic E-state index is 0.0610. The maximum Gasteiger partial charge on any atom is 0.269 e. The summed E-state index contributed by atoms with van der Waals surface area (Å²) in [5.74, 6) is 0. The van der Waals surface area contributed by atoms with Crippen LogP contribution < -0.4 is 0 Å². The van der Waals surface area contributed by atoms with Gasteiger partial charge in [-0.3, -0.25) is 10.1 Å². The van der Waals surface area contributed by atoms with Crippen LogP contribution in [0.4, 0.5) is 5.69 Å². The molecule has 0 amide bonds. The van der Waals surface area contributed by atoms with Crippen LogP contribution in [-0.4, -0.2) is 25.5 Å². The number of aromatic nitrogens is 3. The molecule has 1 aromatic carbocycles. The molecule has 2 rings (SSSR count). The summed E-state index contributed by atoms with van der Waals surface area (Å²) >= 11 is 0. The van der Waals surface area contributed by atoms with Crippen LogP contribution in [0.5, 0.6) is 0 Å². The summed E-state index contributed by atoms with van der Waals surface area (Å²) in [5, 5.41) is 21.9. The van der Waals surface area contributed by atoms with Gasteiger partial charge in [-0.2, -0.15) is 5.10 Å². The molecule has 0 N–H and O–H groups in total. The Morgan fingerprint density at radius 1 is 1.29 bits per heavy atom. The van der Waals surface area contributed by atoms with Crippen molar-refractivity contribution in [3.05, 3.63) is 52.6 Å². The highest BCUT2D eigenvalue weighted by Gasteiger charge is 2.05. The number of benzene rings is 1. The zero-order chi connectivity index (χ0) is 12.3. The molecule has 0 radical (unpaired) electrons. The highest BCUT2D eigenvalue weighted by atomic mass is 16.6. The molecule has 0 fully saturated rings. The van der Waals surface area contributed by atoms with Gasteiger partial charge >= 0.3 is 0 Å². The van der Waals surface area contributed by atoms with Crippen molar-refractivity contribution in [2.45, 2.75) is 6.92 Å². The van der Waals surface area contributed by atoms with Crippen LogP contribution >= 0.6 is 0 Å². The summed E-state index contributed by atoms with van der Waals surface area (Å²) in [4.78, 5) is 10.1. The molecule has 86 valence electrons. The van der Waals surface area contributed by atoms with Gasteiger partial charge in [0, 0.05) is 12.1 Å². The molecule has 0 bridgehead atoms. The van der Waals surface area contributed by atoms with Crippen LogP contribution in [0.2, 0.25) is 0 Å². The molecule has 0 saturated heterocycles. The van der Waals surface area contributed by atoms with E-state index in [-0.39, 0.29) is 5.69 Å². The Bertz CT molecular complexity index is 545. The third-order valence-electron chi connectivity index (χ3n) is 2.17. The van der Waals surface area contributed by atoms with Crippen molar-refractivity contribution < 1.29 is 4.92 Å². The molecule has 0 saturated carbocycles. The van der Waals surface area contributed by atoms with Crippen molar-refractivity contribution in [1.82, 2.24) is 14.9 Å². The van der Waals surface area contributed by atoms with E-state index in [1.807, 2.05) is 0 Å². The SMILES string of the molecule is CC(=Nn1cnnc1)c1ccc([N+](=O)[O-])cc1. The molecule has 0 atom stereocenters. The van der Waals surface area contributed by atoms with E-state index < -0.39 is 4.92 Å². The molecule has 0 aliphatic carbocycles. The lowest BCUT2D eigenvalue weighted by Gasteiger charge is -2.00. The summed E-state index contributed by atoms with van der Waals surface area (Å²) in [7, 11) is 0. The first-order valence-corrected chi connectivity index (χ1v) is 4.82. The number of non-ortho nitro benzene ring substituents is 1. The standard InChI is InChI=1S/C10H9N5O2/c1-8(13-14-6-11-12-7-14)9-2-4-10(5-3-9)15(16)17/h2-7H,1H3. The van der Waals surface area contributed by atoms with Gasteiger partial charge in [0.1, 0.15) is 12.7 Å². The molecule has 0 aliphatic rings. The molecule has 0 spiro atoms. The summed E-state index contributed by atoms with van der Waals surface area (Å²) in [6.07, 6.45) is 2.93. The number of rotatable bonds is 3. The van der Waals surface area contributed by atoms with Crippen molar-refractivity contribution in [1.29, 1.82) is 0 Å². The molecule has 0 unspecified atom stereocenters. The second kappa shape index (κ2) is 4.52. The molecule has 1 aromatic heterocycles. The number of hydrogen-bond donors (Lipinski definition) is 0. The van der Waals surface area contributed by atoms with Gasteiger partial charge in [0.2, 0.25) is 0 Å². The predicted octanol–water partition coefficient (Wildman–Crippen LogP) is 1.46. The summed E-state index contributed by atoms with van der Waals surface area (Å²) in [6, 6.07) is 6.20. The van der Waals surface area contributed by atoms with E-state index in [0.29, 0.717) is 0 Å². The summed E-state index contributed by atoms with van der Waals surface area (Å²) in [5.41, 5.74) is 1.59. The van der Waals surface area contributed by atoms with Gasteiger partial charge in [0.05, 0.1) is 10.6 Å². The number of nitrogens with zero attached hydrogens (tertiary/aromatic N) is 5. The summed E-state index contributed by atoms with van der Waals surface area (Å²) < 4.78 is 1.47. The van der Waals surface area contributed by atoms with Crippen molar-refractivity contribution in [3.63, 3.8) is 0 Å². The lowest BCUT2D eigenvalue weighted by molar-refractivity contribution is -0.384. The first kappa shape index (κ1) is 10.9. The first-order chi connectivity index (χ1) is 8.16. The average Bonchev–Trinajstić information content (AvgIpc) is 2.82. The van der Waals surface area contributed by atoms with E-state index in [4.69, 9.17) is 0 Å². The molecule has 17 heavy (non-hydrogen) atoms. The van der Waals surface area contributed by atoms with Gasteiger partial charge in [-0.1, -0.05) is 0 Å². The van der Waals surface area contributed by atoms with Crippen LogP contribution in [0.15, 0.2) is 42.0 Å². The first-order valence-electron chi connectivity index (χ1n) is 4.82. The maximum atomic E-state index is 10.5. The zero-order valence-electron chi connectivity index (χ0n) is 9.02. The minimum atomic E-state index is -0.434. The fraction of sp³-hybridized carbons (Fsp3) is 0.100. The van der Waals surface area contributed by atoms with E-state index in [2.05, 4.69) is 15.3 Å². The van der Waals surface area contributed by atoms with Crippen molar-refractivity contribution >= 4 is 11.4 Å². The van der Waals surface area contributed by atoms with Crippen LogP contribution in [0.25, 0.3) is 0 Å². The second-order valence-electron chi connectivity index (χ2n) is 3.33. The Labute approximate surface area is 96.6 Å². The third-order valence-corrected chi connectivity index (χ3v) is 2.17.